The number of aryl methyl sites for hydroxylation is 1. The molecule has 0 spiro atoms. The maximum Gasteiger partial charge on any atom is 0.302 e. The Bertz CT molecular complexity index is 2150. The molecule has 26 heteroatoms. The Morgan fingerprint density at radius 3 is 2.27 bits per heavy atom. The Hall–Kier alpha value is -5.49. The van der Waals surface area contributed by atoms with E-state index in [1.807, 2.05) is 29.8 Å². The minimum Gasteiger partial charge on any atom is -0.598 e. The number of nitrogens with zero attached hydrogens (tertiary/aromatic N) is 2. The van der Waals surface area contributed by atoms with Crippen LogP contribution < -0.4 is 64.9 Å². The van der Waals surface area contributed by atoms with Crippen LogP contribution in [-0.4, -0.2) is 110 Å². The van der Waals surface area contributed by atoms with Crippen LogP contribution in [0.15, 0.2) is 64.9 Å². The summed E-state index contributed by atoms with van der Waals surface area (Å²) in [5.74, 6) is -1.03. The third kappa shape index (κ3) is 22.5. The van der Waals surface area contributed by atoms with Crippen molar-refractivity contribution in [3.8, 4) is 11.1 Å². The summed E-state index contributed by atoms with van der Waals surface area (Å²) in [4.78, 5) is 40.3. The second-order valence-electron chi connectivity index (χ2n) is 14.8. The molecule has 392 valence electrons. The number of benzene rings is 2. The van der Waals surface area contributed by atoms with Gasteiger partial charge in [-0.15, -0.1) is 15.1 Å². The molecule has 1 atom stereocenters. The number of hydrazone groups is 1. The van der Waals surface area contributed by atoms with E-state index in [-0.39, 0.29) is 49.2 Å². The van der Waals surface area contributed by atoms with Gasteiger partial charge in [0.25, 0.3) is 5.91 Å². The highest BCUT2D eigenvalue weighted by Gasteiger charge is 2.31. The molecular weight excluding hydrogens is 938 g/mol. The minimum absolute atomic E-state index is 0. The van der Waals surface area contributed by atoms with Gasteiger partial charge in [0.1, 0.15) is 4.90 Å². The van der Waals surface area contributed by atoms with Crippen LogP contribution in [0, 0.1) is 0 Å². The molecule has 0 saturated heterocycles. The third-order valence-electron chi connectivity index (χ3n) is 9.83. The number of halogens is 1. The molecule has 2 amide bonds. The van der Waals surface area contributed by atoms with E-state index in [1.54, 1.807) is 32.2 Å². The molecule has 1 aromatic heterocycles. The van der Waals surface area contributed by atoms with E-state index >= 15 is 0 Å². The van der Waals surface area contributed by atoms with Crippen LogP contribution in [0.2, 0.25) is 0 Å². The first-order valence-electron chi connectivity index (χ1n) is 22.5. The van der Waals surface area contributed by atoms with Crippen molar-refractivity contribution in [2.24, 2.45) is 5.10 Å². The number of fused-ring (bicyclic) bond motifs is 3. The fourth-order valence-electron chi connectivity index (χ4n) is 6.74. The molecule has 1 aliphatic rings. The third-order valence-corrected chi connectivity index (χ3v) is 11.4. The van der Waals surface area contributed by atoms with E-state index in [2.05, 4.69) is 65.6 Å². The van der Waals surface area contributed by atoms with E-state index in [0.717, 1.165) is 52.7 Å². The first-order valence-corrected chi connectivity index (χ1v) is 23.9. The Balaban J connectivity index is 0.000000742. The van der Waals surface area contributed by atoms with Crippen LogP contribution in [0.1, 0.15) is 98.8 Å². The second-order valence-corrected chi connectivity index (χ2v) is 16.6. The SMILES string of the molecule is C.CCCCOCCNC(=O)CCCc1ccc2c(c1)C(COC([O-])=NNNNNNNNNF)c1cccc(C(=O)NCCOCCCOC)c1-2.CCNS(=O)(=O)c1cnccc1CCOC(C)=O. The molecule has 70 heavy (non-hydrogen) atoms. The van der Waals surface area contributed by atoms with Crippen molar-refractivity contribution >= 4 is 33.9 Å². The number of hydrogen-bond donors (Lipinski definition) is 11. The number of carbonyl (C=O) groups excluding carboxylic acids is 3. The molecule has 1 aliphatic carbocycles. The molecule has 1 heterocycles. The van der Waals surface area contributed by atoms with Crippen LogP contribution in [0.4, 0.5) is 4.48 Å². The Morgan fingerprint density at radius 1 is 0.829 bits per heavy atom. The molecule has 3 aromatic rings. The lowest BCUT2D eigenvalue weighted by Crippen LogP contribution is -2.61. The fourth-order valence-corrected chi connectivity index (χ4v) is 7.99. The number of esters is 1. The van der Waals surface area contributed by atoms with Gasteiger partial charge in [-0.3, -0.25) is 19.4 Å². The van der Waals surface area contributed by atoms with Crippen molar-refractivity contribution in [1.29, 1.82) is 0 Å². The van der Waals surface area contributed by atoms with Gasteiger partial charge in [-0.1, -0.05) is 63.7 Å². The van der Waals surface area contributed by atoms with Crippen LogP contribution in [0.25, 0.3) is 11.1 Å². The first-order chi connectivity index (χ1) is 33.5. The standard InChI is InChI=1S/C32H52FN11O7.C11H16N2O4S.CH4/c1-3-4-17-49-19-14-34-29(45)11-5-8-23-12-13-25-27(21-23)28(22-51-32(47)36-38-40-42-44-43-41-39-37-33)24-9-6-10-26(30(24)25)31(46)35-15-20-50-18-7-16-48-2;1-3-13-18(15,16)11-8-12-6-4-10(11)5-7-17-9(2)14;/h6,9-10,12-13,21,28,37-44H,3-5,7-8,11,14-20,22H2,1-2H3,(H,34,45)(H,35,46)(H,36,47);4,6,8,13H,3,5,7H2,1-2H3;1H4/p-1. The van der Waals surface area contributed by atoms with Crippen molar-refractivity contribution in [2.45, 2.75) is 84.0 Å². The zero-order valence-electron chi connectivity index (χ0n) is 39.5. The predicted octanol–water partition coefficient (Wildman–Crippen LogP) is 0.613. The lowest BCUT2D eigenvalue weighted by Gasteiger charge is -2.21. The molecule has 0 fully saturated rings. The van der Waals surface area contributed by atoms with Gasteiger partial charge in [0, 0.05) is 96.8 Å². The van der Waals surface area contributed by atoms with Crippen molar-refractivity contribution in [1.82, 2.24) is 64.7 Å². The lowest BCUT2D eigenvalue weighted by atomic mass is 9.95. The van der Waals surface area contributed by atoms with Crippen molar-refractivity contribution in [2.75, 3.05) is 73.0 Å². The van der Waals surface area contributed by atoms with Crippen molar-refractivity contribution in [3.63, 3.8) is 0 Å². The monoisotopic (exact) mass is 1010 g/mol. The molecule has 4 rings (SSSR count). The number of hydrazine groups is 7. The Morgan fingerprint density at radius 2 is 1.56 bits per heavy atom. The minimum atomic E-state index is -3.54. The molecular formula is C44H71FN13O11S-. The molecule has 0 radical (unpaired) electrons. The number of nitrogens with one attached hydrogen (secondary N) is 11. The van der Waals surface area contributed by atoms with Gasteiger partial charge in [-0.2, -0.15) is 27.7 Å². The number of carbonyl (C=O) groups is 3. The van der Waals surface area contributed by atoms with Crippen molar-refractivity contribution in [3.05, 3.63) is 82.7 Å². The van der Waals surface area contributed by atoms with Gasteiger partial charge in [-0.05, 0) is 71.2 Å². The molecule has 1 unspecified atom stereocenters. The summed E-state index contributed by atoms with van der Waals surface area (Å²) in [5.41, 5.74) is 22.2. The maximum atomic E-state index is 13.4. The highest BCUT2D eigenvalue weighted by molar-refractivity contribution is 7.89. The summed E-state index contributed by atoms with van der Waals surface area (Å²) in [6.07, 6.45) is 6.75. The van der Waals surface area contributed by atoms with Gasteiger partial charge in [0.2, 0.25) is 15.9 Å². The van der Waals surface area contributed by atoms with E-state index in [1.165, 1.54) is 19.3 Å². The summed E-state index contributed by atoms with van der Waals surface area (Å²) in [7, 11) is -1.91. The number of aromatic nitrogens is 1. The smallest absolute Gasteiger partial charge is 0.302 e. The summed E-state index contributed by atoms with van der Waals surface area (Å²) in [6, 6.07) is 13.1. The Kier molecular flexibility index (Phi) is 30.8. The van der Waals surface area contributed by atoms with Gasteiger partial charge >= 0.3 is 5.97 Å². The number of methoxy groups -OCH3 is 1. The quantitative estimate of drug-likeness (QED) is 0.00975. The van der Waals surface area contributed by atoms with Crippen LogP contribution >= 0.6 is 0 Å². The van der Waals surface area contributed by atoms with Crippen LogP contribution in [0.3, 0.4) is 0 Å². The van der Waals surface area contributed by atoms with E-state index in [9.17, 15) is 32.4 Å². The predicted molar refractivity (Wildman–Crippen MR) is 257 cm³/mol. The second kappa shape index (κ2) is 35.6. The van der Waals surface area contributed by atoms with Crippen LogP contribution in [-0.2, 0) is 56.1 Å². The van der Waals surface area contributed by atoms with Crippen LogP contribution in [0.5, 0.6) is 0 Å². The largest absolute Gasteiger partial charge is 0.598 e. The fraction of sp³-hybridized carbons (Fsp3) is 0.523. The molecule has 0 aliphatic heterocycles. The number of sulfonamides is 1. The molecule has 11 N–H and O–H groups in total. The normalized spacial score (nSPS) is 12.7. The van der Waals surface area contributed by atoms with Gasteiger partial charge in [0.05, 0.1) is 19.8 Å². The number of unbranched alkanes of at least 4 members (excludes halogenated alkanes) is 1. The summed E-state index contributed by atoms with van der Waals surface area (Å²) >= 11 is 0. The number of pyridine rings is 1. The first kappa shape index (κ1) is 60.6. The van der Waals surface area contributed by atoms with Gasteiger partial charge < -0.3 is 39.4 Å². The van der Waals surface area contributed by atoms with E-state index in [4.69, 9.17) is 23.7 Å². The van der Waals surface area contributed by atoms with Gasteiger partial charge in [0.15, 0.2) is 6.08 Å². The van der Waals surface area contributed by atoms with Crippen molar-refractivity contribution < 1.29 is 56.1 Å². The van der Waals surface area contributed by atoms with Gasteiger partial charge in [-0.25, -0.2) is 18.7 Å². The number of hydrogen-bond acceptors (Lipinski definition) is 21. The highest BCUT2D eigenvalue weighted by atomic mass is 32.2. The Labute approximate surface area is 409 Å². The number of amides is 2. The zero-order valence-corrected chi connectivity index (χ0v) is 40.3. The highest BCUT2D eigenvalue weighted by Crippen LogP contribution is 2.47. The molecule has 0 bridgehead atoms. The summed E-state index contributed by atoms with van der Waals surface area (Å²) < 4.78 is 64.3. The topological polar surface area (TPSA) is 312 Å². The summed E-state index contributed by atoms with van der Waals surface area (Å²) in [6.45, 7) is 9.04. The lowest BCUT2D eigenvalue weighted by molar-refractivity contribution is -0.251. The number of rotatable bonds is 34. The van der Waals surface area contributed by atoms with E-state index < -0.39 is 16.1 Å². The number of ether oxygens (including phenoxy) is 5. The summed E-state index contributed by atoms with van der Waals surface area (Å²) in [5, 5.41) is 21.9. The average Bonchev–Trinajstić information content (AvgIpc) is 3.65. The van der Waals surface area contributed by atoms with E-state index in [0.29, 0.717) is 89.5 Å². The average molecular weight is 1010 g/mol. The zero-order chi connectivity index (χ0) is 50.1. The maximum absolute atomic E-state index is 13.4. The molecule has 2 aromatic carbocycles. The molecule has 0 saturated carbocycles. The molecule has 24 nitrogen and oxygen atoms in total.